The smallest absolute Gasteiger partial charge is 0.338 e. The Morgan fingerprint density at radius 2 is 1.95 bits per heavy atom. The predicted molar refractivity (Wildman–Crippen MR) is 142 cm³/mol. The van der Waals surface area contributed by atoms with E-state index < -0.39 is 22.5 Å². The van der Waals surface area contributed by atoms with E-state index in [-0.39, 0.29) is 23.7 Å². The summed E-state index contributed by atoms with van der Waals surface area (Å²) in [5.74, 6) is -0.128. The Balaban J connectivity index is 1.66. The van der Waals surface area contributed by atoms with Gasteiger partial charge in [0.25, 0.3) is 11.2 Å². The number of carbonyl (C=O) groups is 1. The Morgan fingerprint density at radius 3 is 2.64 bits per heavy atom. The van der Waals surface area contributed by atoms with Crippen LogP contribution in [0.2, 0.25) is 0 Å². The van der Waals surface area contributed by atoms with Gasteiger partial charge in [0, 0.05) is 23.3 Å². The number of thiazole rings is 1. The topological polar surface area (TPSA) is 117 Å². The lowest BCUT2D eigenvalue weighted by molar-refractivity contribution is -0.385. The van der Waals surface area contributed by atoms with Crippen molar-refractivity contribution in [2.75, 3.05) is 6.61 Å². The number of carbonyl (C=O) groups excluding carboxylic acids is 1. The molecule has 0 radical (unpaired) electrons. The minimum atomic E-state index is -0.979. The van der Waals surface area contributed by atoms with Crippen LogP contribution in [0.3, 0.4) is 0 Å². The van der Waals surface area contributed by atoms with Gasteiger partial charge in [0.05, 0.1) is 33.4 Å². The summed E-state index contributed by atoms with van der Waals surface area (Å²) in [5, 5.41) is 11.7. The molecule has 0 aliphatic carbocycles. The first-order valence-corrected chi connectivity index (χ1v) is 12.8. The van der Waals surface area contributed by atoms with Crippen LogP contribution < -0.4 is 14.9 Å². The zero-order valence-corrected chi connectivity index (χ0v) is 22.0. The van der Waals surface area contributed by atoms with E-state index in [9.17, 15) is 24.1 Å². The average molecular weight is 548 g/mol. The second kappa shape index (κ2) is 10.3. The van der Waals surface area contributed by atoms with Crippen LogP contribution in [0.15, 0.2) is 80.1 Å². The van der Waals surface area contributed by atoms with Crippen LogP contribution in [0.1, 0.15) is 36.8 Å². The summed E-state index contributed by atoms with van der Waals surface area (Å²) in [7, 11) is 0. The summed E-state index contributed by atoms with van der Waals surface area (Å²) in [6.45, 7) is 5.03. The molecular formula is C28H22FN3O6S. The molecule has 4 aromatic rings. The number of aromatic nitrogens is 1. The van der Waals surface area contributed by atoms with Crippen molar-refractivity contribution in [1.29, 1.82) is 0 Å². The van der Waals surface area contributed by atoms with Gasteiger partial charge in [0.15, 0.2) is 4.80 Å². The van der Waals surface area contributed by atoms with Crippen LogP contribution in [-0.4, -0.2) is 22.1 Å². The molecule has 1 aliphatic heterocycles. The zero-order valence-electron chi connectivity index (χ0n) is 21.1. The minimum absolute atomic E-state index is 0.107. The van der Waals surface area contributed by atoms with Gasteiger partial charge in [-0.05, 0) is 62.7 Å². The standard InChI is InChI=1S/C28H22FN3O6S/c1-4-37-27(34)24-16(3)30-28-31(25(24)18-6-5-15(2)21(13-18)32(35)36)26(33)23(39-28)14-20-11-12-22(38-20)17-7-9-19(29)10-8-17/h5-14,25H,4H2,1-3H3. The van der Waals surface area contributed by atoms with Gasteiger partial charge in [-0.3, -0.25) is 19.5 Å². The summed E-state index contributed by atoms with van der Waals surface area (Å²) >= 11 is 1.11. The van der Waals surface area contributed by atoms with E-state index in [0.29, 0.717) is 43.2 Å². The number of aryl methyl sites for hydroxylation is 1. The highest BCUT2D eigenvalue weighted by Gasteiger charge is 2.34. The van der Waals surface area contributed by atoms with Crippen molar-refractivity contribution >= 4 is 29.1 Å². The van der Waals surface area contributed by atoms with Crippen molar-refractivity contribution in [3.8, 4) is 11.3 Å². The maximum Gasteiger partial charge on any atom is 0.338 e. The number of hydrogen-bond donors (Lipinski definition) is 0. The molecule has 0 fully saturated rings. The van der Waals surface area contributed by atoms with E-state index in [0.717, 1.165) is 11.3 Å². The Kier molecular flexibility index (Phi) is 6.83. The minimum Gasteiger partial charge on any atom is -0.463 e. The Hall–Kier alpha value is -4.64. The first-order valence-electron chi connectivity index (χ1n) is 12.0. The normalized spacial score (nSPS) is 15.2. The summed E-state index contributed by atoms with van der Waals surface area (Å²) in [6.07, 6.45) is 1.56. The number of nitro benzene ring substituents is 1. The van der Waals surface area contributed by atoms with Gasteiger partial charge < -0.3 is 9.15 Å². The lowest BCUT2D eigenvalue weighted by atomic mass is 9.94. The predicted octanol–water partition coefficient (Wildman–Crippen LogP) is 4.41. The summed E-state index contributed by atoms with van der Waals surface area (Å²) < 4.78 is 26.1. The molecule has 1 unspecified atom stereocenters. The van der Waals surface area contributed by atoms with Gasteiger partial charge in [-0.15, -0.1) is 0 Å². The van der Waals surface area contributed by atoms with Crippen molar-refractivity contribution in [2.45, 2.75) is 26.8 Å². The summed E-state index contributed by atoms with van der Waals surface area (Å²) in [4.78, 5) is 42.7. The van der Waals surface area contributed by atoms with Gasteiger partial charge in [-0.1, -0.05) is 23.5 Å². The molecule has 0 amide bonds. The molecule has 2 aromatic carbocycles. The number of fused-ring (bicyclic) bond motifs is 1. The number of hydrogen-bond acceptors (Lipinski definition) is 8. The van der Waals surface area contributed by atoms with E-state index in [1.165, 1.54) is 22.8 Å². The van der Waals surface area contributed by atoms with E-state index in [2.05, 4.69) is 4.99 Å². The third-order valence-corrected chi connectivity index (χ3v) is 7.27. The number of ether oxygens (including phenoxy) is 1. The first kappa shape index (κ1) is 26.0. The van der Waals surface area contributed by atoms with Crippen molar-refractivity contribution < 1.29 is 23.3 Å². The maximum absolute atomic E-state index is 13.7. The van der Waals surface area contributed by atoms with Crippen LogP contribution in [-0.2, 0) is 9.53 Å². The van der Waals surface area contributed by atoms with Crippen LogP contribution in [0, 0.1) is 22.9 Å². The molecule has 0 saturated heterocycles. The molecule has 0 N–H and O–H groups in total. The van der Waals surface area contributed by atoms with Crippen molar-refractivity contribution in [1.82, 2.24) is 4.57 Å². The fourth-order valence-electron chi connectivity index (χ4n) is 4.43. The van der Waals surface area contributed by atoms with E-state index >= 15 is 0 Å². The van der Waals surface area contributed by atoms with Gasteiger partial charge in [0.2, 0.25) is 0 Å². The largest absolute Gasteiger partial charge is 0.463 e. The SMILES string of the molecule is CCOC(=O)C1=C(C)N=c2sc(=Cc3ccc(-c4ccc(F)cc4)o3)c(=O)n2C1c1ccc(C)c([N+](=O)[O-])c1. The summed E-state index contributed by atoms with van der Waals surface area (Å²) in [6, 6.07) is 12.9. The third kappa shape index (κ3) is 4.84. The number of rotatable bonds is 6. The number of allylic oxidation sites excluding steroid dienone is 1. The monoisotopic (exact) mass is 547 g/mol. The van der Waals surface area contributed by atoms with Crippen LogP contribution >= 0.6 is 11.3 Å². The fraction of sp³-hybridized carbons (Fsp3) is 0.179. The Labute approximate surface area is 225 Å². The van der Waals surface area contributed by atoms with Crippen LogP contribution in [0.25, 0.3) is 17.4 Å². The highest BCUT2D eigenvalue weighted by molar-refractivity contribution is 7.07. The zero-order chi connectivity index (χ0) is 27.8. The van der Waals surface area contributed by atoms with E-state index in [1.54, 1.807) is 63.2 Å². The Morgan fingerprint density at radius 1 is 1.21 bits per heavy atom. The number of halogens is 1. The molecule has 0 saturated carbocycles. The maximum atomic E-state index is 13.7. The lowest BCUT2D eigenvalue weighted by Gasteiger charge is -2.24. The molecule has 0 bridgehead atoms. The van der Waals surface area contributed by atoms with E-state index in [4.69, 9.17) is 9.15 Å². The molecule has 3 heterocycles. The highest BCUT2D eigenvalue weighted by Crippen LogP contribution is 2.33. The van der Waals surface area contributed by atoms with Gasteiger partial charge >= 0.3 is 5.97 Å². The number of furan rings is 1. The second-order valence-corrected chi connectivity index (χ2v) is 9.82. The van der Waals surface area contributed by atoms with Crippen LogP contribution in [0.4, 0.5) is 10.1 Å². The molecule has 39 heavy (non-hydrogen) atoms. The van der Waals surface area contributed by atoms with Crippen molar-refractivity contribution in [2.24, 2.45) is 4.99 Å². The van der Waals surface area contributed by atoms with Crippen molar-refractivity contribution in [3.05, 3.63) is 118 Å². The van der Waals surface area contributed by atoms with Crippen LogP contribution in [0.5, 0.6) is 0 Å². The molecule has 1 atom stereocenters. The molecule has 5 rings (SSSR count). The lowest BCUT2D eigenvalue weighted by Crippen LogP contribution is -2.40. The summed E-state index contributed by atoms with van der Waals surface area (Å²) in [5.41, 5.74) is 1.42. The molecule has 198 valence electrons. The first-order chi connectivity index (χ1) is 18.7. The number of benzene rings is 2. The molecule has 9 nitrogen and oxygen atoms in total. The Bertz CT molecular complexity index is 1830. The highest BCUT2D eigenvalue weighted by atomic mass is 32.1. The molecule has 2 aromatic heterocycles. The number of esters is 1. The molecule has 0 spiro atoms. The average Bonchev–Trinajstić information content (AvgIpc) is 3.48. The van der Waals surface area contributed by atoms with Gasteiger partial charge in [-0.25, -0.2) is 14.2 Å². The molecule has 1 aliphatic rings. The van der Waals surface area contributed by atoms with E-state index in [1.807, 2.05) is 0 Å². The quantitative estimate of drug-likeness (QED) is 0.201. The second-order valence-electron chi connectivity index (χ2n) is 8.81. The van der Waals surface area contributed by atoms with Gasteiger partial charge in [-0.2, -0.15) is 0 Å². The van der Waals surface area contributed by atoms with Crippen molar-refractivity contribution in [3.63, 3.8) is 0 Å². The fourth-order valence-corrected chi connectivity index (χ4v) is 5.46. The van der Waals surface area contributed by atoms with Gasteiger partial charge in [0.1, 0.15) is 17.3 Å². The number of nitrogens with zero attached hydrogens (tertiary/aromatic N) is 3. The third-order valence-electron chi connectivity index (χ3n) is 6.29. The number of nitro groups is 1. The molecule has 11 heteroatoms. The molecular weight excluding hydrogens is 525 g/mol.